The van der Waals surface area contributed by atoms with Crippen LogP contribution in [0.3, 0.4) is 0 Å². The molecule has 1 saturated heterocycles. The number of halogens is 3. The van der Waals surface area contributed by atoms with Crippen molar-refractivity contribution in [3.8, 4) is 23.0 Å². The van der Waals surface area contributed by atoms with Gasteiger partial charge in [0, 0.05) is 55.4 Å². The smallest absolute Gasteiger partial charge is 0.263 e. The Kier molecular flexibility index (Phi) is 10.1. The minimum atomic E-state index is -4.02. The lowest BCUT2D eigenvalue weighted by molar-refractivity contribution is 0.145. The van der Waals surface area contributed by atoms with Gasteiger partial charge in [-0.25, -0.2) is 8.42 Å². The normalized spacial score (nSPS) is 14.5. The number of nitrogens with one attached hydrogen (secondary N) is 1. The van der Waals surface area contributed by atoms with Gasteiger partial charge in [-0.3, -0.25) is 9.71 Å². The number of likely N-dealkylation sites (N-methyl/N-ethyl adjacent to an activating group) is 1. The molecular formula is C30H31Cl3N4O5S. The Morgan fingerprint density at radius 3 is 2.42 bits per heavy atom. The van der Waals surface area contributed by atoms with E-state index in [2.05, 4.69) is 26.6 Å². The van der Waals surface area contributed by atoms with Crippen molar-refractivity contribution in [2.24, 2.45) is 0 Å². The summed E-state index contributed by atoms with van der Waals surface area (Å²) in [6, 6.07) is 14.1. The molecule has 1 aromatic heterocycles. The van der Waals surface area contributed by atoms with E-state index in [1.54, 1.807) is 25.4 Å². The van der Waals surface area contributed by atoms with E-state index in [-0.39, 0.29) is 25.7 Å². The Balaban J connectivity index is 1.28. The molecule has 0 bridgehead atoms. The predicted octanol–water partition coefficient (Wildman–Crippen LogP) is 6.81. The molecule has 1 fully saturated rings. The minimum Gasteiger partial charge on any atom is -0.493 e. The van der Waals surface area contributed by atoms with Crippen molar-refractivity contribution >= 4 is 61.4 Å². The number of aromatic nitrogens is 1. The second-order valence-electron chi connectivity index (χ2n) is 10.1. The fraction of sp³-hybridized carbons (Fsp3) is 0.300. The first kappa shape index (κ1) is 31.4. The quantitative estimate of drug-likeness (QED) is 0.175. The monoisotopic (exact) mass is 664 g/mol. The summed E-state index contributed by atoms with van der Waals surface area (Å²) >= 11 is 18.6. The number of piperazine rings is 1. The number of rotatable bonds is 11. The van der Waals surface area contributed by atoms with E-state index in [1.807, 2.05) is 12.1 Å². The molecule has 0 amide bonds. The number of nitrogens with zero attached hydrogens (tertiary/aromatic N) is 3. The summed E-state index contributed by atoms with van der Waals surface area (Å²) in [6.07, 6.45) is 2.53. The summed E-state index contributed by atoms with van der Waals surface area (Å²) in [5.41, 5.74) is 0.885. The maximum Gasteiger partial charge on any atom is 0.263 e. The van der Waals surface area contributed by atoms with Crippen molar-refractivity contribution in [3.05, 3.63) is 75.9 Å². The van der Waals surface area contributed by atoms with Crippen molar-refractivity contribution in [1.29, 1.82) is 0 Å². The molecule has 9 nitrogen and oxygen atoms in total. The van der Waals surface area contributed by atoms with E-state index < -0.39 is 10.0 Å². The molecule has 228 valence electrons. The van der Waals surface area contributed by atoms with Crippen LogP contribution in [0.5, 0.6) is 23.0 Å². The third-order valence-electron chi connectivity index (χ3n) is 7.05. The van der Waals surface area contributed by atoms with Crippen LogP contribution in [-0.4, -0.2) is 76.7 Å². The maximum atomic E-state index is 12.9. The number of benzene rings is 3. The van der Waals surface area contributed by atoms with Crippen molar-refractivity contribution in [3.63, 3.8) is 0 Å². The molecule has 0 radical (unpaired) electrons. The van der Waals surface area contributed by atoms with E-state index in [0.717, 1.165) is 39.1 Å². The van der Waals surface area contributed by atoms with Crippen LogP contribution in [0.2, 0.25) is 15.1 Å². The molecule has 5 rings (SSSR count). The van der Waals surface area contributed by atoms with Gasteiger partial charge < -0.3 is 24.0 Å². The van der Waals surface area contributed by atoms with Crippen LogP contribution in [0.4, 0.5) is 5.69 Å². The summed E-state index contributed by atoms with van der Waals surface area (Å²) < 4.78 is 46.1. The van der Waals surface area contributed by atoms with Crippen LogP contribution in [-0.2, 0) is 10.0 Å². The summed E-state index contributed by atoms with van der Waals surface area (Å²) in [5.74, 6) is 1.97. The Hall–Kier alpha value is -2.99. The third-order valence-corrected chi connectivity index (χ3v) is 9.44. The zero-order chi connectivity index (χ0) is 30.6. The number of fused-ring (bicyclic) bond motifs is 1. The minimum absolute atomic E-state index is 0.0437. The zero-order valence-corrected chi connectivity index (χ0v) is 26.7. The van der Waals surface area contributed by atoms with Gasteiger partial charge >= 0.3 is 0 Å². The molecule has 0 unspecified atom stereocenters. The Morgan fingerprint density at radius 2 is 1.67 bits per heavy atom. The molecular weight excluding hydrogens is 635 g/mol. The van der Waals surface area contributed by atoms with Gasteiger partial charge in [0.05, 0.1) is 35.0 Å². The highest BCUT2D eigenvalue weighted by molar-refractivity contribution is 7.92. The number of sulfonamides is 1. The molecule has 13 heteroatoms. The second-order valence-corrected chi connectivity index (χ2v) is 13.0. The molecule has 0 aliphatic carbocycles. The highest BCUT2D eigenvalue weighted by Gasteiger charge is 2.20. The largest absolute Gasteiger partial charge is 0.493 e. The van der Waals surface area contributed by atoms with Crippen molar-refractivity contribution < 1.29 is 22.6 Å². The molecule has 0 saturated carbocycles. The molecule has 1 aliphatic heterocycles. The SMILES string of the molecule is COc1cc2c(Oc3ccc(NS(=O)(=O)c4cc(Cl)ccc4Cl)cc3Cl)ccnc2cc1OCCCN1CCN(C)CC1. The molecule has 3 aromatic carbocycles. The van der Waals surface area contributed by atoms with E-state index in [4.69, 9.17) is 49.0 Å². The van der Waals surface area contributed by atoms with Gasteiger partial charge in [-0.1, -0.05) is 34.8 Å². The fourth-order valence-corrected chi connectivity index (χ4v) is 6.72. The lowest BCUT2D eigenvalue weighted by atomic mass is 10.1. The van der Waals surface area contributed by atoms with Gasteiger partial charge in [0.2, 0.25) is 0 Å². The average molecular weight is 666 g/mol. The first-order chi connectivity index (χ1) is 20.6. The van der Waals surface area contributed by atoms with Gasteiger partial charge in [-0.15, -0.1) is 0 Å². The van der Waals surface area contributed by atoms with Gasteiger partial charge in [0.25, 0.3) is 10.0 Å². The van der Waals surface area contributed by atoms with Gasteiger partial charge in [0.15, 0.2) is 11.5 Å². The van der Waals surface area contributed by atoms with E-state index in [9.17, 15) is 8.42 Å². The second kappa shape index (κ2) is 13.8. The summed E-state index contributed by atoms with van der Waals surface area (Å²) in [7, 11) is -0.282. The number of methoxy groups -OCH3 is 1. The number of ether oxygens (including phenoxy) is 3. The van der Waals surface area contributed by atoms with E-state index in [1.165, 1.54) is 30.3 Å². The molecule has 2 heterocycles. The predicted molar refractivity (Wildman–Crippen MR) is 171 cm³/mol. The third kappa shape index (κ3) is 7.75. The maximum absolute atomic E-state index is 12.9. The number of anilines is 1. The first-order valence-corrected chi connectivity index (χ1v) is 16.2. The van der Waals surface area contributed by atoms with E-state index >= 15 is 0 Å². The van der Waals surface area contributed by atoms with Crippen LogP contribution >= 0.6 is 34.8 Å². The van der Waals surface area contributed by atoms with Gasteiger partial charge in [-0.2, -0.15) is 0 Å². The van der Waals surface area contributed by atoms with Crippen LogP contribution in [0.25, 0.3) is 10.9 Å². The summed E-state index contributed by atoms with van der Waals surface area (Å²) in [5, 5.41) is 1.17. The van der Waals surface area contributed by atoms with Crippen LogP contribution < -0.4 is 18.9 Å². The molecule has 0 spiro atoms. The molecule has 1 aliphatic rings. The van der Waals surface area contributed by atoms with E-state index in [0.29, 0.717) is 40.5 Å². The molecule has 0 atom stereocenters. The topological polar surface area (TPSA) is 93.2 Å². The number of hydrogen-bond donors (Lipinski definition) is 1. The highest BCUT2D eigenvalue weighted by atomic mass is 35.5. The molecule has 43 heavy (non-hydrogen) atoms. The molecule has 1 N–H and O–H groups in total. The Labute approximate surface area is 266 Å². The van der Waals surface area contributed by atoms with Crippen LogP contribution in [0.15, 0.2) is 65.7 Å². The summed E-state index contributed by atoms with van der Waals surface area (Å²) in [6.45, 7) is 5.85. The average Bonchev–Trinajstić information content (AvgIpc) is 2.98. The first-order valence-electron chi connectivity index (χ1n) is 13.6. The Bertz CT molecular complexity index is 1720. The molecule has 4 aromatic rings. The lowest BCUT2D eigenvalue weighted by Gasteiger charge is -2.32. The van der Waals surface area contributed by atoms with Crippen molar-refractivity contribution in [2.45, 2.75) is 11.3 Å². The van der Waals surface area contributed by atoms with Crippen LogP contribution in [0, 0.1) is 0 Å². The highest BCUT2D eigenvalue weighted by Crippen LogP contribution is 2.39. The van der Waals surface area contributed by atoms with Crippen molar-refractivity contribution in [1.82, 2.24) is 14.8 Å². The Morgan fingerprint density at radius 1 is 0.884 bits per heavy atom. The number of hydrogen-bond acceptors (Lipinski definition) is 8. The zero-order valence-electron chi connectivity index (χ0n) is 23.6. The standard InChI is InChI=1S/C30H31Cl3N4O5S/c1-36-11-13-37(14-12-36)10-3-15-41-29-19-25-22(18-28(29)40-2)26(8-9-34-25)42-27-7-5-21(17-24(27)33)35-43(38,39)30-16-20(31)4-6-23(30)32/h4-9,16-19,35H,3,10-15H2,1-2H3. The summed E-state index contributed by atoms with van der Waals surface area (Å²) in [4.78, 5) is 9.14. The van der Waals surface area contributed by atoms with Gasteiger partial charge in [-0.05, 0) is 62.0 Å². The number of pyridine rings is 1. The van der Waals surface area contributed by atoms with Crippen LogP contribution in [0.1, 0.15) is 6.42 Å². The van der Waals surface area contributed by atoms with Gasteiger partial charge in [0.1, 0.15) is 16.4 Å². The van der Waals surface area contributed by atoms with Crippen molar-refractivity contribution in [2.75, 3.05) is 58.2 Å². The lowest BCUT2D eigenvalue weighted by Crippen LogP contribution is -2.44. The fourth-order valence-electron chi connectivity index (χ4n) is 4.69.